The van der Waals surface area contributed by atoms with E-state index < -0.39 is 16.0 Å². The molecule has 18 heavy (non-hydrogen) atoms. The minimum Gasteiger partial charge on any atom is -0.477 e. The highest BCUT2D eigenvalue weighted by Gasteiger charge is 2.23. The van der Waals surface area contributed by atoms with Crippen molar-refractivity contribution in [3.63, 3.8) is 0 Å². The monoisotopic (exact) mass is 276 g/mol. The fraction of sp³-hybridized carbons (Fsp3) is 0.500. The smallest absolute Gasteiger partial charge is 0.352 e. The third kappa shape index (κ3) is 3.31. The second-order valence-corrected chi connectivity index (χ2v) is 5.62. The lowest BCUT2D eigenvalue weighted by Gasteiger charge is -2.15. The molecule has 1 heterocycles. The minimum atomic E-state index is -3.67. The van der Waals surface area contributed by atoms with Gasteiger partial charge in [0.05, 0.1) is 6.61 Å². The molecule has 1 aromatic rings. The Hall–Kier alpha value is -1.38. The lowest BCUT2D eigenvalue weighted by atomic mass is 10.4. The van der Waals surface area contributed by atoms with E-state index in [2.05, 4.69) is 4.98 Å². The second kappa shape index (κ2) is 5.98. The van der Waals surface area contributed by atoms with Gasteiger partial charge in [0.2, 0.25) is 10.0 Å². The number of hydrogen-bond acceptors (Lipinski definition) is 4. The van der Waals surface area contributed by atoms with Crippen LogP contribution in [-0.2, 0) is 14.8 Å². The van der Waals surface area contributed by atoms with Gasteiger partial charge in [-0.05, 0) is 13.0 Å². The topological polar surface area (TPSA) is 99.7 Å². The highest BCUT2D eigenvalue weighted by atomic mass is 32.2. The molecule has 0 saturated carbocycles. The summed E-state index contributed by atoms with van der Waals surface area (Å²) in [6.07, 6.45) is 1.16. The van der Waals surface area contributed by atoms with Crippen LogP contribution in [0.4, 0.5) is 0 Å². The first-order valence-corrected chi connectivity index (χ1v) is 6.79. The Morgan fingerprint density at radius 2 is 2.22 bits per heavy atom. The first kappa shape index (κ1) is 14.7. The number of carbonyl (C=O) groups is 1. The Morgan fingerprint density at radius 3 is 2.72 bits per heavy atom. The quantitative estimate of drug-likeness (QED) is 0.701. The van der Waals surface area contributed by atoms with Gasteiger partial charge >= 0.3 is 5.97 Å². The summed E-state index contributed by atoms with van der Waals surface area (Å²) in [5.74, 6) is -1.20. The maximum absolute atomic E-state index is 12.0. The van der Waals surface area contributed by atoms with Gasteiger partial charge in [0.25, 0.3) is 0 Å². The van der Waals surface area contributed by atoms with Crippen LogP contribution in [-0.4, -0.2) is 55.6 Å². The van der Waals surface area contributed by atoms with Crippen molar-refractivity contribution in [1.82, 2.24) is 9.29 Å². The predicted octanol–water partition coefficient (Wildman–Crippen LogP) is 0.370. The average Bonchev–Trinajstić information content (AvgIpc) is 2.79. The molecule has 8 heteroatoms. The number of hydrogen-bond donors (Lipinski definition) is 2. The van der Waals surface area contributed by atoms with Crippen LogP contribution in [0.3, 0.4) is 0 Å². The van der Waals surface area contributed by atoms with E-state index in [-0.39, 0.29) is 17.1 Å². The van der Waals surface area contributed by atoms with Crippen LogP contribution in [0.2, 0.25) is 0 Å². The van der Waals surface area contributed by atoms with Crippen molar-refractivity contribution in [2.45, 2.75) is 11.8 Å². The van der Waals surface area contributed by atoms with Gasteiger partial charge in [0.15, 0.2) is 0 Å². The first-order valence-electron chi connectivity index (χ1n) is 5.35. The number of rotatable bonds is 7. The van der Waals surface area contributed by atoms with E-state index >= 15 is 0 Å². The summed E-state index contributed by atoms with van der Waals surface area (Å²) in [6.45, 7) is 2.84. The molecule has 0 aliphatic rings. The van der Waals surface area contributed by atoms with Crippen LogP contribution in [0, 0.1) is 0 Å². The van der Waals surface area contributed by atoms with E-state index in [0.29, 0.717) is 13.2 Å². The van der Waals surface area contributed by atoms with Crippen LogP contribution >= 0.6 is 0 Å². The molecule has 0 bridgehead atoms. The highest BCUT2D eigenvalue weighted by molar-refractivity contribution is 7.89. The SMILES string of the molecule is CCOCCN(C)S(=O)(=O)c1c[nH]c(C(=O)O)c1. The summed E-state index contributed by atoms with van der Waals surface area (Å²) in [7, 11) is -2.25. The lowest BCUT2D eigenvalue weighted by molar-refractivity contribution is 0.0691. The normalized spacial score (nSPS) is 11.9. The summed E-state index contributed by atoms with van der Waals surface area (Å²) < 4.78 is 30.2. The van der Waals surface area contributed by atoms with Crippen molar-refractivity contribution in [1.29, 1.82) is 0 Å². The minimum absolute atomic E-state index is 0.0705. The van der Waals surface area contributed by atoms with Gasteiger partial charge in [0, 0.05) is 26.4 Å². The van der Waals surface area contributed by atoms with Crippen LogP contribution < -0.4 is 0 Å². The number of nitrogens with one attached hydrogen (secondary N) is 1. The third-order valence-corrected chi connectivity index (χ3v) is 4.18. The molecular formula is C10H16N2O5S. The number of aromatic nitrogens is 1. The van der Waals surface area contributed by atoms with Gasteiger partial charge in [-0.2, -0.15) is 4.31 Å². The summed E-state index contributed by atoms with van der Waals surface area (Å²) in [4.78, 5) is 13.0. The molecule has 2 N–H and O–H groups in total. The molecule has 1 aromatic heterocycles. The Morgan fingerprint density at radius 1 is 1.56 bits per heavy atom. The van der Waals surface area contributed by atoms with Crippen molar-refractivity contribution in [2.75, 3.05) is 26.8 Å². The van der Waals surface area contributed by atoms with Crippen molar-refractivity contribution in [3.8, 4) is 0 Å². The fourth-order valence-electron chi connectivity index (χ4n) is 1.28. The van der Waals surface area contributed by atoms with Gasteiger partial charge in [-0.1, -0.05) is 0 Å². The van der Waals surface area contributed by atoms with Crippen LogP contribution in [0.5, 0.6) is 0 Å². The molecule has 0 aliphatic heterocycles. The molecule has 0 aromatic carbocycles. The van der Waals surface area contributed by atoms with E-state index in [1.165, 1.54) is 7.05 Å². The summed E-state index contributed by atoms with van der Waals surface area (Å²) >= 11 is 0. The number of likely N-dealkylation sites (N-methyl/N-ethyl adjacent to an activating group) is 1. The number of ether oxygens (including phenoxy) is 1. The molecule has 102 valence electrons. The van der Waals surface area contributed by atoms with E-state index in [4.69, 9.17) is 9.84 Å². The van der Waals surface area contributed by atoms with Gasteiger partial charge < -0.3 is 14.8 Å². The molecule has 0 unspecified atom stereocenters. The highest BCUT2D eigenvalue weighted by Crippen LogP contribution is 2.15. The fourth-order valence-corrected chi connectivity index (χ4v) is 2.43. The number of aromatic carboxylic acids is 1. The molecule has 0 radical (unpaired) electrons. The molecule has 0 amide bonds. The van der Waals surface area contributed by atoms with E-state index in [1.54, 1.807) is 0 Å². The molecular weight excluding hydrogens is 260 g/mol. The number of carboxylic acid groups (broad SMARTS) is 1. The van der Waals surface area contributed by atoms with E-state index in [0.717, 1.165) is 16.6 Å². The second-order valence-electron chi connectivity index (χ2n) is 3.58. The predicted molar refractivity (Wildman–Crippen MR) is 64.1 cm³/mol. The lowest BCUT2D eigenvalue weighted by Crippen LogP contribution is -2.30. The van der Waals surface area contributed by atoms with Gasteiger partial charge in [-0.25, -0.2) is 13.2 Å². The van der Waals surface area contributed by atoms with Crippen LogP contribution in [0.1, 0.15) is 17.4 Å². The molecule has 7 nitrogen and oxygen atoms in total. The first-order chi connectivity index (χ1) is 8.39. The number of sulfonamides is 1. The van der Waals surface area contributed by atoms with Crippen LogP contribution in [0.15, 0.2) is 17.2 Å². The largest absolute Gasteiger partial charge is 0.477 e. The third-order valence-electron chi connectivity index (χ3n) is 2.35. The Labute approximate surface area is 105 Å². The molecule has 1 rings (SSSR count). The van der Waals surface area contributed by atoms with E-state index in [1.807, 2.05) is 6.92 Å². The van der Waals surface area contributed by atoms with Gasteiger partial charge in [0.1, 0.15) is 10.6 Å². The number of aromatic amines is 1. The molecule has 0 aliphatic carbocycles. The zero-order valence-electron chi connectivity index (χ0n) is 10.2. The van der Waals surface area contributed by atoms with E-state index in [9.17, 15) is 13.2 Å². The molecule has 0 atom stereocenters. The Balaban J connectivity index is 2.81. The number of carboxylic acids is 1. The van der Waals surface area contributed by atoms with Gasteiger partial charge in [-0.15, -0.1) is 0 Å². The van der Waals surface area contributed by atoms with Gasteiger partial charge in [-0.3, -0.25) is 0 Å². The summed E-state index contributed by atoms with van der Waals surface area (Å²) in [5, 5.41) is 8.72. The Bertz CT molecular complexity index is 508. The summed E-state index contributed by atoms with van der Waals surface area (Å²) in [5.41, 5.74) is -0.160. The zero-order chi connectivity index (χ0) is 13.8. The average molecular weight is 276 g/mol. The van der Waals surface area contributed by atoms with Crippen molar-refractivity contribution >= 4 is 16.0 Å². The molecule has 0 spiro atoms. The zero-order valence-corrected chi connectivity index (χ0v) is 11.0. The number of H-pyrrole nitrogens is 1. The Kier molecular flexibility index (Phi) is 4.88. The maximum atomic E-state index is 12.0. The molecule has 0 fully saturated rings. The van der Waals surface area contributed by atoms with Crippen molar-refractivity contribution < 1.29 is 23.1 Å². The maximum Gasteiger partial charge on any atom is 0.352 e. The standard InChI is InChI=1S/C10H16N2O5S/c1-3-17-5-4-12(2)18(15,16)8-6-9(10(13)14)11-7-8/h6-7,11H,3-5H2,1-2H3,(H,13,14). The van der Waals surface area contributed by atoms with Crippen LogP contribution in [0.25, 0.3) is 0 Å². The molecule has 0 saturated heterocycles. The summed E-state index contributed by atoms with van der Waals surface area (Å²) in [6, 6.07) is 1.09. The van der Waals surface area contributed by atoms with Crippen molar-refractivity contribution in [2.24, 2.45) is 0 Å². The van der Waals surface area contributed by atoms with Crippen molar-refractivity contribution in [3.05, 3.63) is 18.0 Å². The number of nitrogens with zero attached hydrogens (tertiary/aromatic N) is 1.